The molecule has 4 nitrogen and oxygen atoms in total. The van der Waals surface area contributed by atoms with E-state index >= 15 is 0 Å². The topological polar surface area (TPSA) is 49.8 Å². The predicted octanol–water partition coefficient (Wildman–Crippen LogP) is 1.63. The van der Waals surface area contributed by atoms with Crippen LogP contribution in [0.2, 0.25) is 0 Å². The summed E-state index contributed by atoms with van der Waals surface area (Å²) in [6.45, 7) is 2.68. The lowest BCUT2D eigenvalue weighted by Crippen LogP contribution is -2.37. The van der Waals surface area contributed by atoms with E-state index in [2.05, 4.69) is 19.1 Å². The highest BCUT2D eigenvalue weighted by Crippen LogP contribution is 2.50. The van der Waals surface area contributed by atoms with Crippen LogP contribution in [0.1, 0.15) is 22.1 Å². The number of aryl methyl sites for hydroxylation is 1. The van der Waals surface area contributed by atoms with E-state index in [1.54, 1.807) is 30.4 Å². The lowest BCUT2D eigenvalue weighted by Gasteiger charge is -2.20. The molecule has 1 aliphatic rings. The molecule has 1 aromatic heterocycles. The van der Waals surface area contributed by atoms with E-state index < -0.39 is 6.10 Å². The van der Waals surface area contributed by atoms with E-state index in [4.69, 9.17) is 4.74 Å². The van der Waals surface area contributed by atoms with Gasteiger partial charge in [-0.3, -0.25) is 4.79 Å². The minimum atomic E-state index is -0.611. The maximum atomic E-state index is 12.2. The highest BCUT2D eigenvalue weighted by molar-refractivity contribution is 7.12. The first-order valence-corrected chi connectivity index (χ1v) is 7.33. The number of thiophene rings is 1. The number of carbonyl (C=O) groups excluding carboxylic acids is 1. The number of hydrogen-bond acceptors (Lipinski definition) is 4. The number of ether oxygens (including phenoxy) is 1. The maximum absolute atomic E-state index is 12.2. The van der Waals surface area contributed by atoms with Gasteiger partial charge in [0.15, 0.2) is 0 Å². The van der Waals surface area contributed by atoms with Crippen LogP contribution < -0.4 is 0 Å². The van der Waals surface area contributed by atoms with E-state index in [9.17, 15) is 9.90 Å². The first-order valence-electron chi connectivity index (χ1n) is 6.51. The monoisotopic (exact) mass is 283 g/mol. The number of aliphatic hydroxyl groups is 1. The molecule has 0 radical (unpaired) electrons. The summed E-state index contributed by atoms with van der Waals surface area (Å²) in [4.78, 5) is 16.4. The van der Waals surface area contributed by atoms with Crippen LogP contribution in [0.25, 0.3) is 0 Å². The molecule has 1 aliphatic carbocycles. The molecular weight excluding hydrogens is 262 g/mol. The first kappa shape index (κ1) is 14.5. The van der Waals surface area contributed by atoms with Gasteiger partial charge in [-0.25, -0.2) is 0 Å². The number of amides is 1. The minimum Gasteiger partial charge on any atom is -0.389 e. The van der Waals surface area contributed by atoms with Crippen molar-refractivity contribution in [3.05, 3.63) is 21.9 Å². The maximum Gasteiger partial charge on any atom is 0.226 e. The summed E-state index contributed by atoms with van der Waals surface area (Å²) in [6, 6.07) is 4.23. The smallest absolute Gasteiger partial charge is 0.226 e. The minimum absolute atomic E-state index is 0.0952. The molecule has 0 bridgehead atoms. The van der Waals surface area contributed by atoms with Gasteiger partial charge >= 0.3 is 0 Å². The Morgan fingerprint density at radius 2 is 2.37 bits per heavy atom. The molecule has 1 heterocycles. The molecular formula is C14H21NO3S. The molecule has 1 N–H and O–H groups in total. The van der Waals surface area contributed by atoms with Crippen molar-refractivity contribution in [3.63, 3.8) is 0 Å². The highest BCUT2D eigenvalue weighted by atomic mass is 32.1. The number of hydrogen-bond donors (Lipinski definition) is 1. The van der Waals surface area contributed by atoms with Crippen molar-refractivity contribution in [1.29, 1.82) is 0 Å². The third-order valence-electron chi connectivity index (χ3n) is 3.45. The molecule has 3 unspecified atom stereocenters. The van der Waals surface area contributed by atoms with E-state index in [0.29, 0.717) is 12.5 Å². The average Bonchev–Trinajstić information content (AvgIpc) is 3.04. The summed E-state index contributed by atoms with van der Waals surface area (Å²) in [5.74, 6) is 0.609. The molecule has 19 heavy (non-hydrogen) atoms. The van der Waals surface area contributed by atoms with E-state index in [1.165, 1.54) is 9.75 Å². The lowest BCUT2D eigenvalue weighted by molar-refractivity contribution is -0.133. The molecule has 106 valence electrons. The van der Waals surface area contributed by atoms with Crippen LogP contribution in [-0.2, 0) is 9.53 Å². The largest absolute Gasteiger partial charge is 0.389 e. The number of carbonyl (C=O) groups is 1. The quantitative estimate of drug-likeness (QED) is 0.863. The standard InChI is InChI=1S/C14H21NO3S/c1-9-4-5-13(19-9)11-6-12(11)14(17)15(2)7-10(16)8-18-3/h4-5,10-12,16H,6-8H2,1-3H3. The van der Waals surface area contributed by atoms with Crippen LogP contribution in [-0.4, -0.2) is 49.3 Å². The Bertz CT molecular complexity index is 446. The fourth-order valence-electron chi connectivity index (χ4n) is 2.37. The van der Waals surface area contributed by atoms with Crippen LogP contribution in [0.5, 0.6) is 0 Å². The summed E-state index contributed by atoms with van der Waals surface area (Å²) < 4.78 is 4.87. The summed E-state index contributed by atoms with van der Waals surface area (Å²) in [7, 11) is 3.29. The van der Waals surface area contributed by atoms with Crippen molar-refractivity contribution in [2.75, 3.05) is 27.3 Å². The molecule has 1 aromatic rings. The second kappa shape index (κ2) is 6.03. The van der Waals surface area contributed by atoms with Crippen LogP contribution in [0.3, 0.4) is 0 Å². The lowest BCUT2D eigenvalue weighted by atomic mass is 10.2. The predicted molar refractivity (Wildman–Crippen MR) is 75.4 cm³/mol. The van der Waals surface area contributed by atoms with Gasteiger partial charge in [0.2, 0.25) is 5.91 Å². The number of rotatable bonds is 6. The normalized spacial score (nSPS) is 23.2. The van der Waals surface area contributed by atoms with E-state index in [0.717, 1.165) is 6.42 Å². The van der Waals surface area contributed by atoms with Crippen molar-refractivity contribution >= 4 is 17.2 Å². The third-order valence-corrected chi connectivity index (χ3v) is 4.59. The summed E-state index contributed by atoms with van der Waals surface area (Å²) in [5, 5.41) is 9.64. The Hall–Kier alpha value is -0.910. The van der Waals surface area contributed by atoms with E-state index in [-0.39, 0.29) is 18.4 Å². The zero-order chi connectivity index (χ0) is 14.0. The number of methoxy groups -OCH3 is 1. The summed E-state index contributed by atoms with van der Waals surface area (Å²) >= 11 is 1.77. The van der Waals surface area contributed by atoms with Gasteiger partial charge in [-0.1, -0.05) is 0 Å². The molecule has 0 spiro atoms. The number of aliphatic hydroxyl groups excluding tert-OH is 1. The van der Waals surface area contributed by atoms with Gasteiger partial charge in [0.1, 0.15) is 0 Å². The molecule has 5 heteroatoms. The number of nitrogens with zero attached hydrogens (tertiary/aromatic N) is 1. The van der Waals surface area contributed by atoms with Gasteiger partial charge < -0.3 is 14.7 Å². The third kappa shape index (κ3) is 3.55. The SMILES string of the molecule is COCC(O)CN(C)C(=O)C1CC1c1ccc(C)s1. The Balaban J connectivity index is 1.85. The van der Waals surface area contributed by atoms with Crippen LogP contribution in [0.15, 0.2) is 12.1 Å². The van der Waals surface area contributed by atoms with Gasteiger partial charge in [0, 0.05) is 42.3 Å². The molecule has 0 aromatic carbocycles. The Kier molecular flexibility index (Phi) is 4.60. The Morgan fingerprint density at radius 3 is 2.95 bits per heavy atom. The van der Waals surface area contributed by atoms with Crippen LogP contribution in [0.4, 0.5) is 0 Å². The molecule has 1 saturated carbocycles. The summed E-state index contributed by atoms with van der Waals surface area (Å²) in [6.07, 6.45) is 0.323. The Labute approximate surface area is 118 Å². The van der Waals surface area contributed by atoms with Crippen molar-refractivity contribution in [2.45, 2.75) is 25.4 Å². The highest BCUT2D eigenvalue weighted by Gasteiger charge is 2.45. The Morgan fingerprint density at radius 1 is 1.63 bits per heavy atom. The van der Waals surface area contributed by atoms with Gasteiger partial charge in [-0.05, 0) is 25.5 Å². The molecule has 0 saturated heterocycles. The van der Waals surface area contributed by atoms with Crippen molar-refractivity contribution in [2.24, 2.45) is 5.92 Å². The zero-order valence-electron chi connectivity index (χ0n) is 11.6. The van der Waals surface area contributed by atoms with Gasteiger partial charge in [-0.15, -0.1) is 11.3 Å². The van der Waals surface area contributed by atoms with Crippen LogP contribution in [0, 0.1) is 12.8 Å². The zero-order valence-corrected chi connectivity index (χ0v) is 12.4. The van der Waals surface area contributed by atoms with Crippen molar-refractivity contribution in [3.8, 4) is 0 Å². The fourth-order valence-corrected chi connectivity index (χ4v) is 3.43. The molecule has 1 amide bonds. The molecule has 0 aliphatic heterocycles. The second-order valence-corrected chi connectivity index (χ2v) is 6.54. The van der Waals surface area contributed by atoms with Crippen molar-refractivity contribution in [1.82, 2.24) is 4.90 Å². The van der Waals surface area contributed by atoms with Gasteiger partial charge in [0.05, 0.1) is 12.7 Å². The van der Waals surface area contributed by atoms with Gasteiger partial charge in [-0.2, -0.15) is 0 Å². The second-order valence-electron chi connectivity index (χ2n) is 5.23. The van der Waals surface area contributed by atoms with Crippen molar-refractivity contribution < 1.29 is 14.6 Å². The summed E-state index contributed by atoms with van der Waals surface area (Å²) in [5.41, 5.74) is 0. The van der Waals surface area contributed by atoms with Gasteiger partial charge in [0.25, 0.3) is 0 Å². The molecule has 2 rings (SSSR count). The fraction of sp³-hybridized carbons (Fsp3) is 0.643. The van der Waals surface area contributed by atoms with E-state index in [1.807, 2.05) is 0 Å². The van der Waals surface area contributed by atoms with Crippen LogP contribution >= 0.6 is 11.3 Å². The average molecular weight is 283 g/mol. The first-order chi connectivity index (χ1) is 9.02. The molecule has 1 fully saturated rings. The number of likely N-dealkylation sites (N-methyl/N-ethyl adjacent to an activating group) is 1. The molecule has 3 atom stereocenters.